The Hall–Kier alpha value is -1.79. The molecule has 2 rings (SSSR count). The zero-order valence-corrected chi connectivity index (χ0v) is 7.26. The third-order valence-electron chi connectivity index (χ3n) is 2.12. The van der Waals surface area contributed by atoms with Gasteiger partial charge in [-0.3, -0.25) is 9.59 Å². The standard InChI is InChI=1S/C8H4BF3NO2/c10-9(11,12)4-1-2-6-5(3-4)7(14)8(15)13-6/h1-3H,(H,13,14,15)/q-1. The van der Waals surface area contributed by atoms with Gasteiger partial charge >= 0.3 is 6.98 Å². The summed E-state index contributed by atoms with van der Waals surface area (Å²) in [7, 11) is 0. The summed E-state index contributed by atoms with van der Waals surface area (Å²) in [6, 6.07) is 2.63. The summed E-state index contributed by atoms with van der Waals surface area (Å²) in [4.78, 5) is 22.0. The van der Waals surface area contributed by atoms with Crippen molar-refractivity contribution in [2.24, 2.45) is 0 Å². The molecule has 0 saturated heterocycles. The summed E-state index contributed by atoms with van der Waals surface area (Å²) in [5.74, 6) is -1.82. The first-order valence-corrected chi connectivity index (χ1v) is 4.09. The molecule has 1 N–H and O–H groups in total. The third-order valence-corrected chi connectivity index (χ3v) is 2.12. The van der Waals surface area contributed by atoms with Crippen molar-refractivity contribution in [2.45, 2.75) is 0 Å². The smallest absolute Gasteiger partial charge is 0.445 e. The zero-order valence-electron chi connectivity index (χ0n) is 7.26. The van der Waals surface area contributed by atoms with Crippen LogP contribution < -0.4 is 10.8 Å². The van der Waals surface area contributed by atoms with Gasteiger partial charge in [0.2, 0.25) is 0 Å². The van der Waals surface area contributed by atoms with Gasteiger partial charge in [-0.1, -0.05) is 12.1 Å². The molecule has 1 aliphatic heterocycles. The number of carbonyl (C=O) groups is 2. The number of amides is 1. The molecule has 3 nitrogen and oxygen atoms in total. The number of hydrogen-bond acceptors (Lipinski definition) is 2. The minimum absolute atomic E-state index is 0.133. The normalized spacial score (nSPS) is 15.1. The van der Waals surface area contributed by atoms with Crippen molar-refractivity contribution < 1.29 is 22.5 Å². The fraction of sp³-hybridized carbons (Fsp3) is 0. The van der Waals surface area contributed by atoms with E-state index in [0.717, 1.165) is 12.1 Å². The first-order chi connectivity index (χ1) is 6.89. The summed E-state index contributed by atoms with van der Waals surface area (Å²) < 4.78 is 37.0. The predicted molar refractivity (Wildman–Crippen MR) is 48.1 cm³/mol. The van der Waals surface area contributed by atoms with Gasteiger partial charge < -0.3 is 18.3 Å². The number of fused-ring (bicyclic) bond motifs is 1. The van der Waals surface area contributed by atoms with Gasteiger partial charge in [-0.05, 0) is 6.07 Å². The van der Waals surface area contributed by atoms with Crippen LogP contribution in [0.15, 0.2) is 18.2 Å². The average molecular weight is 214 g/mol. The molecule has 1 aromatic carbocycles. The van der Waals surface area contributed by atoms with Crippen LogP contribution in [0, 0.1) is 0 Å². The molecule has 0 fully saturated rings. The van der Waals surface area contributed by atoms with E-state index in [0.29, 0.717) is 6.07 Å². The van der Waals surface area contributed by atoms with Crippen LogP contribution in [0.5, 0.6) is 0 Å². The molecule has 1 aliphatic rings. The van der Waals surface area contributed by atoms with E-state index in [2.05, 4.69) is 5.32 Å². The maximum absolute atomic E-state index is 12.3. The van der Waals surface area contributed by atoms with Gasteiger partial charge in [0.25, 0.3) is 11.7 Å². The fourth-order valence-corrected chi connectivity index (χ4v) is 1.36. The van der Waals surface area contributed by atoms with Crippen molar-refractivity contribution in [1.82, 2.24) is 0 Å². The van der Waals surface area contributed by atoms with E-state index < -0.39 is 24.1 Å². The Morgan fingerprint density at radius 3 is 2.40 bits per heavy atom. The van der Waals surface area contributed by atoms with E-state index in [1.54, 1.807) is 0 Å². The lowest BCUT2D eigenvalue weighted by atomic mass is 9.79. The molecule has 0 aromatic heterocycles. The SMILES string of the molecule is O=C1Nc2ccc([B-](F)(F)F)cc2C1=O. The lowest BCUT2D eigenvalue weighted by Gasteiger charge is -2.14. The summed E-state index contributed by atoms with van der Waals surface area (Å²) in [6.45, 7) is -5.15. The molecular formula is C8H4BF3NO2-. The highest BCUT2D eigenvalue weighted by molar-refractivity contribution is 6.73. The van der Waals surface area contributed by atoms with Gasteiger partial charge in [0.15, 0.2) is 0 Å². The van der Waals surface area contributed by atoms with Crippen molar-refractivity contribution in [3.63, 3.8) is 0 Å². The molecule has 0 spiro atoms. The van der Waals surface area contributed by atoms with Crippen LogP contribution in [-0.4, -0.2) is 18.7 Å². The third kappa shape index (κ3) is 1.49. The molecule has 1 aromatic rings. The number of benzene rings is 1. The Balaban J connectivity index is 2.54. The lowest BCUT2D eigenvalue weighted by Crippen LogP contribution is -2.34. The minimum atomic E-state index is -5.15. The van der Waals surface area contributed by atoms with E-state index in [1.807, 2.05) is 0 Å². The second kappa shape index (κ2) is 2.85. The molecule has 1 amide bonds. The average Bonchev–Trinajstić information content (AvgIpc) is 2.41. The van der Waals surface area contributed by atoms with Gasteiger partial charge in [0.05, 0.1) is 5.69 Å². The molecule has 0 unspecified atom stereocenters. The number of hydrogen-bond donors (Lipinski definition) is 1. The lowest BCUT2D eigenvalue weighted by molar-refractivity contribution is -0.112. The quantitative estimate of drug-likeness (QED) is 0.556. The molecule has 0 saturated carbocycles. The highest BCUT2D eigenvalue weighted by Crippen LogP contribution is 2.23. The van der Waals surface area contributed by atoms with Crippen LogP contribution in [0.4, 0.5) is 18.6 Å². The molecule has 0 bridgehead atoms. The number of halogens is 3. The van der Waals surface area contributed by atoms with Gasteiger partial charge in [-0.15, -0.1) is 5.46 Å². The van der Waals surface area contributed by atoms with Gasteiger partial charge in [0, 0.05) is 5.56 Å². The van der Waals surface area contributed by atoms with Gasteiger partial charge in [-0.25, -0.2) is 0 Å². The van der Waals surface area contributed by atoms with Crippen LogP contribution in [0.25, 0.3) is 0 Å². The molecule has 7 heteroatoms. The van der Waals surface area contributed by atoms with Crippen LogP contribution in [0.3, 0.4) is 0 Å². The maximum atomic E-state index is 12.3. The zero-order chi connectivity index (χ0) is 11.2. The monoisotopic (exact) mass is 214 g/mol. The molecular weight excluding hydrogens is 210 g/mol. The van der Waals surface area contributed by atoms with Crippen molar-refractivity contribution in [3.8, 4) is 0 Å². The number of rotatable bonds is 1. The second-order valence-electron chi connectivity index (χ2n) is 3.16. The minimum Gasteiger partial charge on any atom is -0.445 e. The Morgan fingerprint density at radius 2 is 1.80 bits per heavy atom. The second-order valence-corrected chi connectivity index (χ2v) is 3.16. The van der Waals surface area contributed by atoms with E-state index in [9.17, 15) is 22.5 Å². The van der Waals surface area contributed by atoms with E-state index in [4.69, 9.17) is 0 Å². The van der Waals surface area contributed by atoms with Crippen molar-refractivity contribution in [1.29, 1.82) is 0 Å². The van der Waals surface area contributed by atoms with E-state index in [1.165, 1.54) is 0 Å². The highest BCUT2D eigenvalue weighted by atomic mass is 19.4. The highest BCUT2D eigenvalue weighted by Gasteiger charge is 2.32. The molecule has 15 heavy (non-hydrogen) atoms. The molecule has 0 atom stereocenters. The molecule has 0 radical (unpaired) electrons. The van der Waals surface area contributed by atoms with Gasteiger partial charge in [-0.2, -0.15) is 0 Å². The predicted octanol–water partition coefficient (Wildman–Crippen LogP) is 0.876. The topological polar surface area (TPSA) is 46.2 Å². The van der Waals surface area contributed by atoms with Crippen molar-refractivity contribution in [3.05, 3.63) is 23.8 Å². The molecule has 78 valence electrons. The number of Topliss-reactive ketones (excluding diaryl/α,β-unsaturated/α-hetero) is 1. The van der Waals surface area contributed by atoms with Crippen LogP contribution in [0.1, 0.15) is 10.4 Å². The van der Waals surface area contributed by atoms with Crippen LogP contribution in [0.2, 0.25) is 0 Å². The number of nitrogens with one attached hydrogen (secondary N) is 1. The fourth-order valence-electron chi connectivity index (χ4n) is 1.36. The summed E-state index contributed by atoms with van der Waals surface area (Å²) in [5.41, 5.74) is -0.955. The molecule has 1 heterocycles. The summed E-state index contributed by atoms with van der Waals surface area (Å²) in [6.07, 6.45) is 0. The Kier molecular flexibility index (Phi) is 1.85. The Labute approximate surface area is 82.3 Å². The first-order valence-electron chi connectivity index (χ1n) is 4.09. The van der Waals surface area contributed by atoms with Gasteiger partial charge in [0.1, 0.15) is 0 Å². The number of anilines is 1. The first kappa shape index (κ1) is 9.76. The summed E-state index contributed by atoms with van der Waals surface area (Å²) in [5, 5.41) is 2.18. The van der Waals surface area contributed by atoms with Crippen LogP contribution in [-0.2, 0) is 4.79 Å². The Bertz CT molecular complexity index is 469. The van der Waals surface area contributed by atoms with Crippen molar-refractivity contribution in [2.75, 3.05) is 5.32 Å². The number of ketones is 1. The summed E-state index contributed by atoms with van der Waals surface area (Å²) >= 11 is 0. The molecule has 0 aliphatic carbocycles. The Morgan fingerprint density at radius 1 is 1.13 bits per heavy atom. The van der Waals surface area contributed by atoms with Crippen LogP contribution >= 0.6 is 0 Å². The van der Waals surface area contributed by atoms with Crippen molar-refractivity contribution >= 4 is 29.8 Å². The van der Waals surface area contributed by atoms with E-state index >= 15 is 0 Å². The number of carbonyl (C=O) groups excluding carboxylic acids is 2. The van der Waals surface area contributed by atoms with E-state index in [-0.39, 0.29) is 11.3 Å². The maximum Gasteiger partial charge on any atom is 0.509 e. The largest absolute Gasteiger partial charge is 0.509 e.